The number of hydrogen-bond donors (Lipinski definition) is 3. The van der Waals surface area contributed by atoms with Crippen molar-refractivity contribution in [3.63, 3.8) is 0 Å². The molecule has 3 amide bonds. The van der Waals surface area contributed by atoms with Gasteiger partial charge >= 0.3 is 11.8 Å². The summed E-state index contributed by atoms with van der Waals surface area (Å²) >= 11 is 0. The van der Waals surface area contributed by atoms with Gasteiger partial charge in [-0.25, -0.2) is 10.4 Å². The van der Waals surface area contributed by atoms with E-state index >= 15 is 0 Å². The fraction of sp³-hybridized carbons (Fsp3) is 0.167. The van der Waals surface area contributed by atoms with E-state index in [0.717, 1.165) is 0 Å². The molecule has 9 nitrogen and oxygen atoms in total. The van der Waals surface area contributed by atoms with Crippen LogP contribution in [0.1, 0.15) is 13.3 Å². The molecule has 0 fully saturated rings. The second kappa shape index (κ2) is 9.66. The minimum atomic E-state index is -0.949. The molecule has 1 heterocycles. The number of rotatable bonds is 6. The molecule has 2 aromatic rings. The SMILES string of the molecule is COc1ccc(NC(=O)C(=O)N/N=C(/C)CC(=O)Nc2ccccn2)cc1. The first-order valence-electron chi connectivity index (χ1n) is 7.97. The average molecular weight is 369 g/mol. The number of pyridine rings is 1. The molecule has 27 heavy (non-hydrogen) atoms. The maximum Gasteiger partial charge on any atom is 0.329 e. The highest BCUT2D eigenvalue weighted by atomic mass is 16.5. The van der Waals surface area contributed by atoms with Gasteiger partial charge in [0, 0.05) is 17.6 Å². The highest BCUT2D eigenvalue weighted by Gasteiger charge is 2.13. The molecule has 0 atom stereocenters. The summed E-state index contributed by atoms with van der Waals surface area (Å²) in [6, 6.07) is 11.6. The van der Waals surface area contributed by atoms with Crippen molar-refractivity contribution >= 4 is 34.9 Å². The molecule has 0 bridgehead atoms. The van der Waals surface area contributed by atoms with E-state index in [2.05, 4.69) is 26.1 Å². The monoisotopic (exact) mass is 369 g/mol. The number of nitrogens with zero attached hydrogens (tertiary/aromatic N) is 2. The van der Waals surface area contributed by atoms with Crippen LogP contribution >= 0.6 is 0 Å². The van der Waals surface area contributed by atoms with Crippen LogP contribution in [0.4, 0.5) is 11.5 Å². The molecule has 0 spiro atoms. The van der Waals surface area contributed by atoms with Crippen molar-refractivity contribution in [2.45, 2.75) is 13.3 Å². The van der Waals surface area contributed by atoms with Crippen molar-refractivity contribution in [1.82, 2.24) is 10.4 Å². The number of hydrogen-bond acceptors (Lipinski definition) is 6. The standard InChI is InChI=1S/C18H19N5O4/c1-12(11-16(24)21-15-5-3-4-10-19-15)22-23-18(26)17(25)20-13-6-8-14(27-2)9-7-13/h3-10H,11H2,1-2H3,(H,20,25)(H,23,26)(H,19,21,24)/b22-12-. The Morgan fingerprint density at radius 1 is 1.04 bits per heavy atom. The van der Waals surface area contributed by atoms with Gasteiger partial charge in [-0.3, -0.25) is 14.4 Å². The number of nitrogens with one attached hydrogen (secondary N) is 3. The summed E-state index contributed by atoms with van der Waals surface area (Å²) in [4.78, 5) is 39.5. The number of anilines is 2. The fourth-order valence-corrected chi connectivity index (χ4v) is 1.95. The Kier molecular flexibility index (Phi) is 7.00. The highest BCUT2D eigenvalue weighted by Crippen LogP contribution is 2.14. The van der Waals surface area contributed by atoms with Gasteiger partial charge in [-0.1, -0.05) is 6.07 Å². The van der Waals surface area contributed by atoms with E-state index in [4.69, 9.17) is 4.74 Å². The van der Waals surface area contributed by atoms with Gasteiger partial charge in [-0.15, -0.1) is 0 Å². The number of benzene rings is 1. The molecule has 140 valence electrons. The van der Waals surface area contributed by atoms with Crippen LogP contribution in [-0.4, -0.2) is 35.5 Å². The quantitative estimate of drug-likeness (QED) is 0.405. The van der Waals surface area contributed by atoms with Crippen molar-refractivity contribution < 1.29 is 19.1 Å². The van der Waals surface area contributed by atoms with E-state index in [1.54, 1.807) is 55.6 Å². The number of carbonyl (C=O) groups is 3. The van der Waals surface area contributed by atoms with E-state index in [-0.39, 0.29) is 12.3 Å². The molecule has 9 heteroatoms. The molecule has 0 saturated heterocycles. The third kappa shape index (κ3) is 6.58. The van der Waals surface area contributed by atoms with Gasteiger partial charge in [0.2, 0.25) is 5.91 Å². The summed E-state index contributed by atoms with van der Waals surface area (Å²) < 4.78 is 5.01. The smallest absolute Gasteiger partial charge is 0.329 e. The Bertz CT molecular complexity index is 835. The first-order valence-corrected chi connectivity index (χ1v) is 7.97. The predicted octanol–water partition coefficient (Wildman–Crippen LogP) is 1.55. The van der Waals surface area contributed by atoms with E-state index < -0.39 is 11.8 Å². The Hall–Kier alpha value is -3.75. The fourth-order valence-electron chi connectivity index (χ4n) is 1.95. The molecule has 0 aliphatic carbocycles. The normalized spacial score (nSPS) is 10.7. The lowest BCUT2D eigenvalue weighted by Gasteiger charge is -2.06. The summed E-state index contributed by atoms with van der Waals surface area (Å²) in [5, 5.41) is 8.77. The lowest BCUT2D eigenvalue weighted by Crippen LogP contribution is -2.33. The molecule has 1 aromatic carbocycles. The molecule has 0 saturated carbocycles. The molecular formula is C18H19N5O4. The van der Waals surface area contributed by atoms with E-state index in [1.165, 1.54) is 7.11 Å². The first-order chi connectivity index (χ1) is 13.0. The highest BCUT2D eigenvalue weighted by molar-refractivity contribution is 6.39. The summed E-state index contributed by atoms with van der Waals surface area (Å²) in [6.07, 6.45) is 1.50. The topological polar surface area (TPSA) is 122 Å². The van der Waals surface area contributed by atoms with Gasteiger partial charge in [0.25, 0.3) is 0 Å². The van der Waals surface area contributed by atoms with E-state index in [9.17, 15) is 14.4 Å². The van der Waals surface area contributed by atoms with E-state index in [0.29, 0.717) is 23.0 Å². The molecule has 3 N–H and O–H groups in total. The number of hydrazone groups is 1. The maximum absolute atomic E-state index is 11.9. The van der Waals surface area contributed by atoms with Crippen molar-refractivity contribution in [2.75, 3.05) is 17.7 Å². The Morgan fingerprint density at radius 2 is 1.78 bits per heavy atom. The predicted molar refractivity (Wildman–Crippen MR) is 100 cm³/mol. The van der Waals surface area contributed by atoms with Crippen LogP contribution in [0.15, 0.2) is 53.8 Å². The lowest BCUT2D eigenvalue weighted by atomic mass is 10.3. The van der Waals surface area contributed by atoms with Crippen LogP contribution in [-0.2, 0) is 14.4 Å². The number of carbonyl (C=O) groups excluding carboxylic acids is 3. The Labute approximate surface area is 155 Å². The minimum Gasteiger partial charge on any atom is -0.497 e. The zero-order chi connectivity index (χ0) is 19.6. The number of ether oxygens (including phenoxy) is 1. The largest absolute Gasteiger partial charge is 0.497 e. The van der Waals surface area contributed by atoms with Crippen LogP contribution in [0.2, 0.25) is 0 Å². The van der Waals surface area contributed by atoms with Gasteiger partial charge in [-0.05, 0) is 43.3 Å². The van der Waals surface area contributed by atoms with Gasteiger partial charge < -0.3 is 15.4 Å². The van der Waals surface area contributed by atoms with Crippen molar-refractivity contribution in [3.8, 4) is 5.75 Å². The molecule has 2 rings (SSSR count). The summed E-state index contributed by atoms with van der Waals surface area (Å²) in [6.45, 7) is 1.56. The maximum atomic E-state index is 11.9. The van der Waals surface area contributed by atoms with Crippen LogP contribution in [0, 0.1) is 0 Å². The van der Waals surface area contributed by atoms with Crippen molar-refractivity contribution in [2.24, 2.45) is 5.10 Å². The van der Waals surface area contributed by atoms with Crippen molar-refractivity contribution in [1.29, 1.82) is 0 Å². The number of amides is 3. The molecule has 0 unspecified atom stereocenters. The molecular weight excluding hydrogens is 350 g/mol. The zero-order valence-electron chi connectivity index (χ0n) is 14.9. The zero-order valence-corrected chi connectivity index (χ0v) is 14.9. The third-order valence-electron chi connectivity index (χ3n) is 3.25. The van der Waals surface area contributed by atoms with Gasteiger partial charge in [-0.2, -0.15) is 5.10 Å². The molecule has 1 aromatic heterocycles. The van der Waals surface area contributed by atoms with Gasteiger partial charge in [0.15, 0.2) is 0 Å². The van der Waals surface area contributed by atoms with Crippen LogP contribution in [0.3, 0.4) is 0 Å². The second-order valence-electron chi connectivity index (χ2n) is 5.41. The third-order valence-corrected chi connectivity index (χ3v) is 3.25. The van der Waals surface area contributed by atoms with Gasteiger partial charge in [0.1, 0.15) is 11.6 Å². The minimum absolute atomic E-state index is 0.0586. The molecule has 0 aliphatic rings. The van der Waals surface area contributed by atoms with Gasteiger partial charge in [0.05, 0.1) is 13.5 Å². The lowest BCUT2D eigenvalue weighted by molar-refractivity contribution is -0.136. The van der Waals surface area contributed by atoms with Crippen LogP contribution in [0.5, 0.6) is 5.75 Å². The number of methoxy groups -OCH3 is 1. The van der Waals surface area contributed by atoms with E-state index in [1.807, 2.05) is 0 Å². The Morgan fingerprint density at radius 3 is 2.41 bits per heavy atom. The van der Waals surface area contributed by atoms with Crippen molar-refractivity contribution in [3.05, 3.63) is 48.7 Å². The second-order valence-corrected chi connectivity index (χ2v) is 5.41. The van der Waals surface area contributed by atoms with Crippen LogP contribution in [0.25, 0.3) is 0 Å². The summed E-state index contributed by atoms with van der Waals surface area (Å²) in [5.41, 5.74) is 2.88. The van der Waals surface area contributed by atoms with Crippen LogP contribution < -0.4 is 20.8 Å². The average Bonchev–Trinajstić information content (AvgIpc) is 2.67. The summed E-state index contributed by atoms with van der Waals surface area (Å²) in [7, 11) is 1.53. The Balaban J connectivity index is 1.81. The number of aromatic nitrogens is 1. The summed E-state index contributed by atoms with van der Waals surface area (Å²) in [5.74, 6) is -1.13. The first kappa shape index (κ1) is 19.6. The molecule has 0 aliphatic heterocycles. The molecule has 0 radical (unpaired) electrons.